The fraction of sp³-hybridized carbons (Fsp3) is 0.429. The van der Waals surface area contributed by atoms with Gasteiger partial charge in [-0.2, -0.15) is 0 Å². The van der Waals surface area contributed by atoms with Crippen LogP contribution in [0.5, 0.6) is 0 Å². The molecule has 4 nitrogen and oxygen atoms in total. The number of nitrogens with zero attached hydrogens (tertiary/aromatic N) is 1. The third-order valence-corrected chi connectivity index (χ3v) is 3.37. The van der Waals surface area contributed by atoms with Crippen LogP contribution >= 0.6 is 12.2 Å². The molecule has 19 heavy (non-hydrogen) atoms. The number of rotatable bonds is 3. The van der Waals surface area contributed by atoms with Gasteiger partial charge in [-0.15, -0.1) is 0 Å². The van der Waals surface area contributed by atoms with E-state index >= 15 is 0 Å². The van der Waals surface area contributed by atoms with Crippen LogP contribution in [0.4, 0.5) is 5.69 Å². The predicted octanol–water partition coefficient (Wildman–Crippen LogP) is 2.23. The molecule has 0 radical (unpaired) electrons. The average Bonchev–Trinajstić information content (AvgIpc) is 2.93. The summed E-state index contributed by atoms with van der Waals surface area (Å²) in [5.41, 5.74) is 1.63. The summed E-state index contributed by atoms with van der Waals surface area (Å²) in [5, 5.41) is 6.69. The van der Waals surface area contributed by atoms with Crippen molar-refractivity contribution in [1.82, 2.24) is 10.2 Å². The van der Waals surface area contributed by atoms with Crippen LogP contribution in [0.2, 0.25) is 0 Å². The molecule has 1 aromatic rings. The lowest BCUT2D eigenvalue weighted by Crippen LogP contribution is -2.28. The first-order valence-electron chi connectivity index (χ1n) is 6.65. The fourth-order valence-electron chi connectivity index (χ4n) is 2.13. The Hall–Kier alpha value is -1.62. The van der Waals surface area contributed by atoms with E-state index in [0.717, 1.165) is 43.7 Å². The Labute approximate surface area is 119 Å². The molecule has 1 aliphatic heterocycles. The first-order chi connectivity index (χ1) is 9.20. The van der Waals surface area contributed by atoms with E-state index in [1.54, 1.807) is 0 Å². The molecule has 5 heteroatoms. The summed E-state index contributed by atoms with van der Waals surface area (Å²) in [6.07, 6.45) is 2.23. The Morgan fingerprint density at radius 1 is 1.26 bits per heavy atom. The van der Waals surface area contributed by atoms with Crippen LogP contribution in [0.1, 0.15) is 30.1 Å². The molecule has 1 fully saturated rings. The van der Waals surface area contributed by atoms with Crippen molar-refractivity contribution in [3.8, 4) is 0 Å². The maximum absolute atomic E-state index is 12.2. The first-order valence-corrected chi connectivity index (χ1v) is 7.05. The van der Waals surface area contributed by atoms with Crippen LogP contribution in [0.3, 0.4) is 0 Å². The van der Waals surface area contributed by atoms with Crippen LogP contribution in [-0.2, 0) is 0 Å². The highest BCUT2D eigenvalue weighted by Gasteiger charge is 2.19. The van der Waals surface area contributed by atoms with Gasteiger partial charge < -0.3 is 15.5 Å². The molecular formula is C14H19N3OS. The number of carbonyl (C=O) groups excluding carboxylic acids is 1. The maximum Gasteiger partial charge on any atom is 0.253 e. The van der Waals surface area contributed by atoms with Gasteiger partial charge in [0.15, 0.2) is 5.11 Å². The number of hydrogen-bond donors (Lipinski definition) is 2. The molecule has 0 aromatic heterocycles. The van der Waals surface area contributed by atoms with Gasteiger partial charge in [-0.1, -0.05) is 0 Å². The lowest BCUT2D eigenvalue weighted by Gasteiger charge is -2.15. The van der Waals surface area contributed by atoms with E-state index in [9.17, 15) is 4.79 Å². The normalized spacial score (nSPS) is 14.3. The Balaban J connectivity index is 1.97. The molecule has 0 unspecified atom stereocenters. The smallest absolute Gasteiger partial charge is 0.253 e. The van der Waals surface area contributed by atoms with Crippen molar-refractivity contribution in [3.63, 3.8) is 0 Å². The SMILES string of the molecule is CCNC(=S)Nc1ccc(C(=O)N2CCCC2)cc1. The summed E-state index contributed by atoms with van der Waals surface area (Å²) >= 11 is 5.11. The van der Waals surface area contributed by atoms with Gasteiger partial charge in [0.1, 0.15) is 0 Å². The van der Waals surface area contributed by atoms with Gasteiger partial charge in [-0.05, 0) is 56.2 Å². The Morgan fingerprint density at radius 3 is 2.47 bits per heavy atom. The van der Waals surface area contributed by atoms with E-state index < -0.39 is 0 Å². The lowest BCUT2D eigenvalue weighted by atomic mass is 10.2. The number of thiocarbonyl (C=S) groups is 1. The van der Waals surface area contributed by atoms with Gasteiger partial charge in [0.2, 0.25) is 0 Å². The molecule has 102 valence electrons. The van der Waals surface area contributed by atoms with Crippen molar-refractivity contribution in [2.45, 2.75) is 19.8 Å². The van der Waals surface area contributed by atoms with Crippen LogP contribution < -0.4 is 10.6 Å². The van der Waals surface area contributed by atoms with Crippen molar-refractivity contribution in [2.24, 2.45) is 0 Å². The molecule has 1 aliphatic rings. The zero-order chi connectivity index (χ0) is 13.7. The molecule has 1 heterocycles. The second-order valence-electron chi connectivity index (χ2n) is 4.56. The zero-order valence-electron chi connectivity index (χ0n) is 11.1. The molecular weight excluding hydrogens is 258 g/mol. The largest absolute Gasteiger partial charge is 0.363 e. The van der Waals surface area contributed by atoms with E-state index in [1.807, 2.05) is 36.1 Å². The van der Waals surface area contributed by atoms with Crippen molar-refractivity contribution in [2.75, 3.05) is 25.0 Å². The van der Waals surface area contributed by atoms with Gasteiger partial charge in [0, 0.05) is 30.9 Å². The van der Waals surface area contributed by atoms with Crippen LogP contribution in [0.15, 0.2) is 24.3 Å². The van der Waals surface area contributed by atoms with E-state index in [2.05, 4.69) is 10.6 Å². The molecule has 0 spiro atoms. The van der Waals surface area contributed by atoms with Crippen molar-refractivity contribution in [1.29, 1.82) is 0 Å². The number of hydrogen-bond acceptors (Lipinski definition) is 2. The Bertz CT molecular complexity index is 452. The first kappa shape index (κ1) is 13.8. The Kier molecular flexibility index (Phi) is 4.74. The third kappa shape index (κ3) is 3.67. The summed E-state index contributed by atoms with van der Waals surface area (Å²) in [6.45, 7) is 4.54. The van der Waals surface area contributed by atoms with Gasteiger partial charge in [0.25, 0.3) is 5.91 Å². The maximum atomic E-state index is 12.2. The summed E-state index contributed by atoms with van der Waals surface area (Å²) in [5.74, 6) is 0.123. The summed E-state index contributed by atoms with van der Waals surface area (Å²) in [4.78, 5) is 14.1. The number of likely N-dealkylation sites (tertiary alicyclic amines) is 1. The number of anilines is 1. The lowest BCUT2D eigenvalue weighted by molar-refractivity contribution is 0.0793. The Morgan fingerprint density at radius 2 is 1.89 bits per heavy atom. The number of amides is 1. The minimum Gasteiger partial charge on any atom is -0.363 e. The summed E-state index contributed by atoms with van der Waals surface area (Å²) in [6, 6.07) is 7.45. The molecule has 0 aliphatic carbocycles. The highest BCUT2D eigenvalue weighted by atomic mass is 32.1. The minimum absolute atomic E-state index is 0.123. The number of nitrogens with one attached hydrogen (secondary N) is 2. The van der Waals surface area contributed by atoms with Crippen molar-refractivity contribution >= 4 is 28.9 Å². The molecule has 0 saturated carbocycles. The van der Waals surface area contributed by atoms with Crippen molar-refractivity contribution < 1.29 is 4.79 Å². The molecule has 0 bridgehead atoms. The second kappa shape index (κ2) is 6.52. The summed E-state index contributed by atoms with van der Waals surface area (Å²) < 4.78 is 0. The van der Waals surface area contributed by atoms with Gasteiger partial charge in [-0.3, -0.25) is 4.79 Å². The molecule has 2 N–H and O–H groups in total. The standard InChI is InChI=1S/C14H19N3OS/c1-2-15-14(19)16-12-7-5-11(6-8-12)13(18)17-9-3-4-10-17/h5-8H,2-4,9-10H2,1H3,(H2,15,16,19). The van der Waals surface area contributed by atoms with E-state index in [1.165, 1.54) is 0 Å². The van der Waals surface area contributed by atoms with E-state index in [-0.39, 0.29) is 5.91 Å². The monoisotopic (exact) mass is 277 g/mol. The summed E-state index contributed by atoms with van der Waals surface area (Å²) in [7, 11) is 0. The average molecular weight is 277 g/mol. The third-order valence-electron chi connectivity index (χ3n) is 3.12. The van der Waals surface area contributed by atoms with E-state index in [0.29, 0.717) is 5.11 Å². The van der Waals surface area contributed by atoms with Crippen LogP contribution in [0, 0.1) is 0 Å². The highest BCUT2D eigenvalue weighted by molar-refractivity contribution is 7.80. The number of carbonyl (C=O) groups is 1. The quantitative estimate of drug-likeness (QED) is 0.832. The molecule has 1 saturated heterocycles. The van der Waals surface area contributed by atoms with Gasteiger partial charge in [0.05, 0.1) is 0 Å². The molecule has 0 atom stereocenters. The fourth-order valence-corrected chi connectivity index (χ4v) is 2.40. The van der Waals surface area contributed by atoms with E-state index in [4.69, 9.17) is 12.2 Å². The number of benzene rings is 1. The van der Waals surface area contributed by atoms with Gasteiger partial charge in [-0.25, -0.2) is 0 Å². The molecule has 2 rings (SSSR count). The zero-order valence-corrected chi connectivity index (χ0v) is 11.9. The van der Waals surface area contributed by atoms with Gasteiger partial charge >= 0.3 is 0 Å². The highest BCUT2D eigenvalue weighted by Crippen LogP contribution is 2.15. The predicted molar refractivity (Wildman–Crippen MR) is 81.5 cm³/mol. The topological polar surface area (TPSA) is 44.4 Å². The second-order valence-corrected chi connectivity index (χ2v) is 4.97. The molecule has 1 aromatic carbocycles. The minimum atomic E-state index is 0.123. The van der Waals surface area contributed by atoms with Crippen molar-refractivity contribution in [3.05, 3.63) is 29.8 Å². The molecule has 1 amide bonds. The van der Waals surface area contributed by atoms with Crippen LogP contribution in [0.25, 0.3) is 0 Å². The van der Waals surface area contributed by atoms with Crippen LogP contribution in [-0.4, -0.2) is 35.6 Å².